The van der Waals surface area contributed by atoms with Crippen molar-refractivity contribution in [3.8, 4) is 0 Å². The summed E-state index contributed by atoms with van der Waals surface area (Å²) in [6.45, 7) is 6.77. The summed E-state index contributed by atoms with van der Waals surface area (Å²) >= 11 is 0. The molecule has 3 aromatic rings. The molecule has 0 unspecified atom stereocenters. The van der Waals surface area contributed by atoms with Gasteiger partial charge in [-0.15, -0.1) is 10.9 Å². The number of hydrogen-bond acceptors (Lipinski definition) is 2. The van der Waals surface area contributed by atoms with Gasteiger partial charge >= 0.3 is 6.55 Å². The van der Waals surface area contributed by atoms with Crippen molar-refractivity contribution in [3.05, 3.63) is 112 Å². The smallest absolute Gasteiger partial charge is 0.406 e. The average molecular weight is 478 g/mol. The van der Waals surface area contributed by atoms with Crippen LogP contribution in [-0.2, 0) is 22.2 Å². The van der Waals surface area contributed by atoms with E-state index in [1.54, 1.807) is 0 Å². The van der Waals surface area contributed by atoms with Crippen LogP contribution in [0, 0.1) is 0 Å². The summed E-state index contributed by atoms with van der Waals surface area (Å²) in [5, 5.41) is 0. The first-order valence-electron chi connectivity index (χ1n) is 13.3. The molecule has 2 aliphatic heterocycles. The maximum atomic E-state index is 7.03. The maximum Gasteiger partial charge on any atom is 0.406 e. The molecule has 1 aromatic heterocycles. The Morgan fingerprint density at radius 1 is 0.778 bits per heavy atom. The van der Waals surface area contributed by atoms with E-state index in [0.717, 1.165) is 59.5 Å². The second-order valence-electron chi connectivity index (χ2n) is 9.39. The first kappa shape index (κ1) is 24.0. The van der Waals surface area contributed by atoms with Crippen molar-refractivity contribution in [2.45, 2.75) is 53.4 Å². The highest BCUT2D eigenvalue weighted by Crippen LogP contribution is 2.35. The van der Waals surface area contributed by atoms with E-state index in [4.69, 9.17) is 9.31 Å². The van der Waals surface area contributed by atoms with Crippen molar-refractivity contribution in [2.75, 3.05) is 0 Å². The zero-order chi connectivity index (χ0) is 25.1. The monoisotopic (exact) mass is 478 g/mol. The van der Waals surface area contributed by atoms with Crippen LogP contribution in [0.2, 0.25) is 0 Å². The molecular weight excluding hydrogens is 443 g/mol. The minimum Gasteiger partial charge on any atom is -0.674 e. The van der Waals surface area contributed by atoms with Crippen molar-refractivity contribution >= 4 is 29.5 Å². The quantitative estimate of drug-likeness (QED) is 0.499. The lowest BCUT2D eigenvalue weighted by Crippen LogP contribution is -2.67. The predicted molar refractivity (Wildman–Crippen MR) is 149 cm³/mol. The summed E-state index contributed by atoms with van der Waals surface area (Å²) in [6, 6.07) is 20.7. The van der Waals surface area contributed by atoms with Gasteiger partial charge in [0.25, 0.3) is 0 Å². The second kappa shape index (κ2) is 10.1. The van der Waals surface area contributed by atoms with Gasteiger partial charge < -0.3 is 14.3 Å². The highest BCUT2D eigenvalue weighted by molar-refractivity contribution is 6.93. The predicted octanol–water partition coefficient (Wildman–Crippen LogP) is 4.28. The van der Waals surface area contributed by atoms with E-state index < -0.39 is 6.55 Å². The van der Waals surface area contributed by atoms with Gasteiger partial charge in [-0.3, -0.25) is 0 Å². The minimum absolute atomic E-state index is 0.815. The molecule has 0 aliphatic carbocycles. The van der Waals surface area contributed by atoms with E-state index in [9.17, 15) is 0 Å². The van der Waals surface area contributed by atoms with Crippen LogP contribution in [0.1, 0.15) is 57.4 Å². The van der Waals surface area contributed by atoms with Crippen molar-refractivity contribution in [1.29, 1.82) is 0 Å². The molecule has 184 valence electrons. The fraction of sp³-hybridized carbons (Fsp3) is 0.258. The van der Waals surface area contributed by atoms with Gasteiger partial charge in [0.2, 0.25) is 5.70 Å². The fourth-order valence-electron chi connectivity index (χ4n) is 5.57. The van der Waals surface area contributed by atoms with Crippen LogP contribution in [0.5, 0.6) is 0 Å². The lowest BCUT2D eigenvalue weighted by atomic mass is 9.45. The number of aryl methyl sites for hydroxylation is 1. The molecule has 36 heavy (non-hydrogen) atoms. The molecule has 2 aromatic carbocycles. The number of benzene rings is 2. The summed E-state index contributed by atoms with van der Waals surface area (Å²) in [6.07, 6.45) is 10.1. The van der Waals surface area contributed by atoms with Gasteiger partial charge in [0.1, 0.15) is 5.76 Å². The van der Waals surface area contributed by atoms with Crippen LogP contribution in [0.4, 0.5) is 0 Å². The first-order valence-corrected chi connectivity index (χ1v) is 13.3. The highest BCUT2D eigenvalue weighted by atomic mass is 16.6. The topological polar surface area (TPSA) is 48.2 Å². The average Bonchev–Trinajstić information content (AvgIpc) is 3.57. The Hall–Kier alpha value is -3.73. The third-order valence-corrected chi connectivity index (χ3v) is 7.45. The number of H-pyrrole nitrogens is 1. The Morgan fingerprint density at radius 3 is 2.00 bits per heavy atom. The van der Waals surface area contributed by atoms with Gasteiger partial charge in [-0.2, -0.15) is 0 Å². The third kappa shape index (κ3) is 4.03. The Labute approximate surface area is 214 Å². The van der Waals surface area contributed by atoms with E-state index in [0.29, 0.717) is 0 Å². The van der Waals surface area contributed by atoms with Crippen molar-refractivity contribution < 1.29 is 14.3 Å². The summed E-state index contributed by atoms with van der Waals surface area (Å²) in [4.78, 5) is 7.08. The van der Waals surface area contributed by atoms with E-state index >= 15 is 0 Å². The molecule has 0 fully saturated rings. The molecule has 2 N–H and O–H groups in total. The summed E-state index contributed by atoms with van der Waals surface area (Å²) in [5.41, 5.74) is 9.33. The number of hydrogen-bond donors (Lipinski definition) is 2. The molecule has 2 aliphatic rings. The molecule has 5 rings (SSSR count). The van der Waals surface area contributed by atoms with Crippen LogP contribution in [-0.4, -0.2) is 17.8 Å². The van der Waals surface area contributed by atoms with Crippen LogP contribution in [0.3, 0.4) is 0 Å². The number of aromatic nitrogens is 1. The van der Waals surface area contributed by atoms with Gasteiger partial charge in [-0.1, -0.05) is 88.4 Å². The molecule has 0 saturated carbocycles. The molecule has 0 saturated heterocycles. The molecule has 0 amide bonds. The molecule has 0 bridgehead atoms. The van der Waals surface area contributed by atoms with Crippen molar-refractivity contribution in [2.24, 2.45) is 0 Å². The van der Waals surface area contributed by atoms with E-state index in [-0.39, 0.29) is 0 Å². The minimum atomic E-state index is -2.04. The SMILES string of the molecule is CCC1=C(CC)/C(=C2\C=C(c3[nH]cc(CC)c3CC)O[B-](c3ccccc3)(c3ccccc3)O2)[NH+]=C1. The standard InChI is InChI=1S/C31H34BN2O2/c1-5-22-20-33-30(26(22)7-3)28-19-29(31-27(8-4)23(6-2)21-34-31)36-32(35-28,24-15-11-9-12-16-24)25-17-13-10-14-18-25/h9-21,33H,5-8H2,1-4H3/q-1/p+1/b31-29-. The number of rotatable bonds is 7. The fourth-order valence-corrected chi connectivity index (χ4v) is 5.57. The number of allylic oxidation sites excluding steroid dienone is 3. The third-order valence-electron chi connectivity index (χ3n) is 7.45. The Balaban J connectivity index is 1.79. The summed E-state index contributed by atoms with van der Waals surface area (Å²) in [5.74, 6) is 1.63. The summed E-state index contributed by atoms with van der Waals surface area (Å²) in [7, 11) is 0. The molecule has 0 spiro atoms. The molecule has 0 radical (unpaired) electrons. The van der Waals surface area contributed by atoms with Crippen LogP contribution >= 0.6 is 0 Å². The largest absolute Gasteiger partial charge is 0.674 e. The lowest BCUT2D eigenvalue weighted by Gasteiger charge is -2.47. The lowest BCUT2D eigenvalue weighted by molar-refractivity contribution is -0.385. The van der Waals surface area contributed by atoms with Gasteiger partial charge in [0.05, 0.1) is 11.5 Å². The van der Waals surface area contributed by atoms with Gasteiger partial charge in [0, 0.05) is 23.4 Å². The Bertz CT molecular complexity index is 1320. The van der Waals surface area contributed by atoms with E-state index in [1.807, 2.05) is 12.1 Å². The second-order valence-corrected chi connectivity index (χ2v) is 9.39. The van der Waals surface area contributed by atoms with Gasteiger partial charge in [-0.25, -0.2) is 4.99 Å². The Kier molecular flexibility index (Phi) is 6.73. The molecule has 0 atom stereocenters. The van der Waals surface area contributed by atoms with Crippen LogP contribution < -0.4 is 15.9 Å². The van der Waals surface area contributed by atoms with E-state index in [2.05, 4.69) is 105 Å². The first-order chi connectivity index (χ1) is 17.6. The molecule has 3 heterocycles. The molecule has 5 heteroatoms. The molecular formula is C31H35BN2O2. The normalized spacial score (nSPS) is 18.7. The van der Waals surface area contributed by atoms with Gasteiger partial charge in [0.15, 0.2) is 6.21 Å². The zero-order valence-corrected chi connectivity index (χ0v) is 21.7. The maximum absolute atomic E-state index is 7.03. The van der Waals surface area contributed by atoms with Gasteiger partial charge in [-0.05, 0) is 36.8 Å². The highest BCUT2D eigenvalue weighted by Gasteiger charge is 2.41. The number of aromatic amines is 1. The van der Waals surface area contributed by atoms with E-state index in [1.165, 1.54) is 22.3 Å². The van der Waals surface area contributed by atoms with Crippen LogP contribution in [0.25, 0.3) is 5.76 Å². The summed E-state index contributed by atoms with van der Waals surface area (Å²) < 4.78 is 14.1. The zero-order valence-electron chi connectivity index (χ0n) is 21.7. The Morgan fingerprint density at radius 2 is 1.44 bits per heavy atom. The van der Waals surface area contributed by atoms with Crippen LogP contribution in [0.15, 0.2) is 95.5 Å². The van der Waals surface area contributed by atoms with Crippen molar-refractivity contribution in [1.82, 2.24) is 4.98 Å². The number of nitrogens with one attached hydrogen (secondary N) is 2. The van der Waals surface area contributed by atoms with Crippen molar-refractivity contribution in [3.63, 3.8) is 0 Å². The molecule has 4 nitrogen and oxygen atoms in total.